The molecule has 0 fully saturated rings. The van der Waals surface area contributed by atoms with Gasteiger partial charge in [-0.15, -0.1) is 4.38 Å². The number of rotatable bonds is 0. The third-order valence-corrected chi connectivity index (χ3v) is 1.75. The smallest absolute Gasteiger partial charge is 0 e. The molecule has 0 unspecified atom stereocenters. The van der Waals surface area contributed by atoms with Crippen LogP contribution in [0.2, 0.25) is 0 Å². The van der Waals surface area contributed by atoms with Crippen LogP contribution < -0.4 is 0 Å². The summed E-state index contributed by atoms with van der Waals surface area (Å²) in [6, 6.07) is 0. The van der Waals surface area contributed by atoms with Crippen LogP contribution in [-0.2, 0) is 32.7 Å². The van der Waals surface area contributed by atoms with Gasteiger partial charge in [0.15, 0.2) is 0 Å². The van der Waals surface area contributed by atoms with Gasteiger partial charge in [0.25, 0.3) is 0 Å². The van der Waals surface area contributed by atoms with Crippen LogP contribution in [0.1, 0.15) is 0 Å². The molecule has 0 saturated heterocycles. The summed E-state index contributed by atoms with van der Waals surface area (Å²) in [7, 11) is 0. The summed E-state index contributed by atoms with van der Waals surface area (Å²) in [6.07, 6.45) is 5.16. The first-order valence-corrected chi connectivity index (χ1v) is 3.54. The van der Waals surface area contributed by atoms with E-state index in [1.165, 1.54) is 11.8 Å². The van der Waals surface area contributed by atoms with Crippen LogP contribution in [0.15, 0.2) is 0 Å². The summed E-state index contributed by atoms with van der Waals surface area (Å²) in [4.78, 5) is 0. The number of nitrogens with zero attached hydrogens (tertiary/aromatic N) is 1. The molecule has 0 spiro atoms. The summed E-state index contributed by atoms with van der Waals surface area (Å²) in [5.74, 6) is 0. The second kappa shape index (κ2) is 7.47. The normalized spacial score (nSPS) is 7.14. The fourth-order valence-electron chi connectivity index (χ4n) is 0.0589. The van der Waals surface area contributed by atoms with E-state index in [-0.39, 0.29) is 32.7 Å². The standard InChI is InChI=1S/C3H5NS2.Y/c1-5-3(4)6-2;/h1H2,2H3;/q-2;. The van der Waals surface area contributed by atoms with Crippen molar-refractivity contribution in [1.29, 1.82) is 0 Å². The first-order valence-electron chi connectivity index (χ1n) is 1.33. The molecule has 0 aromatic carbocycles. The molecule has 4 heteroatoms. The topological polar surface area (TPSA) is 22.3 Å². The number of hydrogen-bond donors (Lipinski definition) is 0. The van der Waals surface area contributed by atoms with Crippen molar-refractivity contribution in [2.45, 2.75) is 0 Å². The molecule has 0 aliphatic carbocycles. The minimum absolute atomic E-state index is 0. The third-order valence-electron chi connectivity index (χ3n) is 0.298. The van der Waals surface area contributed by atoms with E-state index < -0.39 is 0 Å². The number of thioether (sulfide) groups is 2. The Morgan fingerprint density at radius 1 is 1.71 bits per heavy atom. The van der Waals surface area contributed by atoms with E-state index in [1.54, 1.807) is 6.26 Å². The van der Waals surface area contributed by atoms with Gasteiger partial charge in [0.05, 0.1) is 0 Å². The van der Waals surface area contributed by atoms with Crippen LogP contribution in [0.5, 0.6) is 0 Å². The minimum Gasteiger partial charge on any atom is -0.794 e. The molecule has 1 radical (unpaired) electrons. The van der Waals surface area contributed by atoms with Crippen LogP contribution in [0.4, 0.5) is 0 Å². The Morgan fingerprint density at radius 2 is 2.14 bits per heavy atom. The van der Waals surface area contributed by atoms with Crippen molar-refractivity contribution >= 4 is 27.9 Å². The summed E-state index contributed by atoms with van der Waals surface area (Å²) >= 11 is 2.41. The van der Waals surface area contributed by atoms with E-state index in [9.17, 15) is 0 Å². The first kappa shape index (κ1) is 11.3. The average Bonchev–Trinajstić information content (AvgIpc) is 1.65. The van der Waals surface area contributed by atoms with Crippen molar-refractivity contribution in [1.82, 2.24) is 0 Å². The molecular formula is C3H5NS2Y-2. The van der Waals surface area contributed by atoms with Gasteiger partial charge in [0, 0.05) is 32.7 Å². The maximum atomic E-state index is 8.45. The quantitative estimate of drug-likeness (QED) is 0.344. The fourth-order valence-corrected chi connectivity index (χ4v) is 0.530. The molecule has 0 aromatic heterocycles. The van der Waals surface area contributed by atoms with Crippen LogP contribution in [-0.4, -0.2) is 10.6 Å². The molecular weight excluding hydrogens is 203 g/mol. The van der Waals surface area contributed by atoms with E-state index in [0.29, 0.717) is 4.38 Å². The molecule has 0 heterocycles. The minimum atomic E-state index is 0. The van der Waals surface area contributed by atoms with E-state index in [4.69, 9.17) is 5.41 Å². The average molecular weight is 208 g/mol. The van der Waals surface area contributed by atoms with Crippen molar-refractivity contribution in [3.63, 3.8) is 0 Å². The Labute approximate surface area is 77.8 Å². The molecule has 0 aliphatic heterocycles. The Bertz CT molecular complexity index is 50.9. The molecule has 1 nitrogen and oxygen atoms in total. The van der Waals surface area contributed by atoms with Crippen molar-refractivity contribution in [3.05, 3.63) is 11.7 Å². The Kier molecular flexibility index (Phi) is 12.1. The molecule has 0 bridgehead atoms. The van der Waals surface area contributed by atoms with Crippen molar-refractivity contribution in [2.75, 3.05) is 6.26 Å². The van der Waals surface area contributed by atoms with Crippen molar-refractivity contribution < 1.29 is 32.7 Å². The largest absolute Gasteiger partial charge is 0.794 e. The van der Waals surface area contributed by atoms with E-state index in [2.05, 4.69) is 6.26 Å². The maximum absolute atomic E-state index is 8.45. The SMILES string of the molecule is [CH2-]SC(=[N-])SC.[Y]. The first-order chi connectivity index (χ1) is 2.81. The second-order valence-corrected chi connectivity index (χ2v) is 2.34. The van der Waals surface area contributed by atoms with Gasteiger partial charge in [-0.25, -0.2) is 0 Å². The molecule has 0 aliphatic rings. The van der Waals surface area contributed by atoms with Gasteiger partial charge in [0.2, 0.25) is 0 Å². The number of hydrogen-bond acceptors (Lipinski definition) is 2. The van der Waals surface area contributed by atoms with Crippen LogP contribution in [0.25, 0.3) is 5.41 Å². The summed E-state index contributed by atoms with van der Waals surface area (Å²) in [5, 5.41) is 8.45. The van der Waals surface area contributed by atoms with Gasteiger partial charge >= 0.3 is 0 Å². The second-order valence-electron chi connectivity index (χ2n) is 0.614. The van der Waals surface area contributed by atoms with E-state index in [1.807, 2.05) is 0 Å². The van der Waals surface area contributed by atoms with Crippen LogP contribution >= 0.6 is 23.5 Å². The van der Waals surface area contributed by atoms with Gasteiger partial charge in [-0.3, -0.25) is 6.26 Å². The molecule has 39 valence electrons. The van der Waals surface area contributed by atoms with Gasteiger partial charge in [-0.2, -0.15) is 11.8 Å². The van der Waals surface area contributed by atoms with Crippen molar-refractivity contribution in [2.24, 2.45) is 0 Å². The third kappa shape index (κ3) is 7.47. The zero-order chi connectivity index (χ0) is 4.99. The monoisotopic (exact) mass is 208 g/mol. The zero-order valence-electron chi connectivity index (χ0n) is 4.05. The van der Waals surface area contributed by atoms with Crippen molar-refractivity contribution in [3.8, 4) is 0 Å². The van der Waals surface area contributed by atoms with Crippen LogP contribution in [0, 0.1) is 6.26 Å². The molecule has 0 rings (SSSR count). The predicted molar refractivity (Wildman–Crippen MR) is 34.8 cm³/mol. The van der Waals surface area contributed by atoms with Gasteiger partial charge in [0.1, 0.15) is 0 Å². The summed E-state index contributed by atoms with van der Waals surface area (Å²) in [6.45, 7) is 0. The Hall–Kier alpha value is 1.47. The van der Waals surface area contributed by atoms with E-state index >= 15 is 0 Å². The predicted octanol–water partition coefficient (Wildman–Crippen LogP) is 1.80. The van der Waals surface area contributed by atoms with Crippen LogP contribution in [0.3, 0.4) is 0 Å². The molecule has 0 amide bonds. The van der Waals surface area contributed by atoms with Gasteiger partial charge in [-0.05, 0) is 6.26 Å². The van der Waals surface area contributed by atoms with Gasteiger partial charge in [-0.1, -0.05) is 0 Å². The zero-order valence-corrected chi connectivity index (χ0v) is 8.52. The van der Waals surface area contributed by atoms with Gasteiger partial charge < -0.3 is 17.2 Å². The summed E-state index contributed by atoms with van der Waals surface area (Å²) in [5.41, 5.74) is 0. The molecule has 0 saturated carbocycles. The summed E-state index contributed by atoms with van der Waals surface area (Å²) < 4.78 is 0.315. The molecule has 7 heavy (non-hydrogen) atoms. The fraction of sp³-hybridized carbons (Fsp3) is 0.333. The Morgan fingerprint density at radius 3 is 2.14 bits per heavy atom. The molecule has 0 N–H and O–H groups in total. The molecule has 0 aromatic rings. The van der Waals surface area contributed by atoms with E-state index in [0.717, 1.165) is 11.8 Å². The molecule has 0 atom stereocenters. The Balaban J connectivity index is 0. The maximum Gasteiger partial charge on any atom is 0 e.